The van der Waals surface area contributed by atoms with Gasteiger partial charge in [0.15, 0.2) is 0 Å². The molecule has 6 heteroatoms. The van der Waals surface area contributed by atoms with Gasteiger partial charge in [0, 0.05) is 11.8 Å². The number of carbonyl (C=O) groups excluding carboxylic acids is 2. The van der Waals surface area contributed by atoms with Crippen molar-refractivity contribution < 1.29 is 23.5 Å². The normalized spacial score (nSPS) is 15.5. The fourth-order valence-corrected chi connectivity index (χ4v) is 3.00. The second-order valence-corrected chi connectivity index (χ2v) is 5.91. The quantitative estimate of drug-likeness (QED) is 0.611. The van der Waals surface area contributed by atoms with E-state index < -0.39 is 17.7 Å². The van der Waals surface area contributed by atoms with Crippen LogP contribution in [0.1, 0.15) is 12.5 Å². The number of hydrogen-bond donors (Lipinski definition) is 0. The minimum absolute atomic E-state index is 0.146. The Morgan fingerprint density at radius 1 is 1.11 bits per heavy atom. The average molecular weight is 367 g/mol. The monoisotopic (exact) mass is 367 g/mol. The summed E-state index contributed by atoms with van der Waals surface area (Å²) in [5.74, 6) is -0.880. The van der Waals surface area contributed by atoms with Crippen molar-refractivity contribution in [3.63, 3.8) is 0 Å². The molecule has 0 saturated carbocycles. The average Bonchev–Trinajstić information content (AvgIpc) is 2.91. The lowest BCUT2D eigenvalue weighted by atomic mass is 10.0. The van der Waals surface area contributed by atoms with E-state index in [0.29, 0.717) is 22.7 Å². The molecule has 0 saturated heterocycles. The zero-order chi connectivity index (χ0) is 19.6. The lowest BCUT2D eigenvalue weighted by Crippen LogP contribution is -2.24. The summed E-state index contributed by atoms with van der Waals surface area (Å²) in [4.78, 5) is 26.9. The summed E-state index contributed by atoms with van der Waals surface area (Å²) in [6.07, 6.45) is 1.49. The van der Waals surface area contributed by atoms with E-state index in [1.165, 1.54) is 43.4 Å². The van der Waals surface area contributed by atoms with Gasteiger partial charge in [0.25, 0.3) is 5.91 Å². The zero-order valence-electron chi connectivity index (χ0n) is 15.2. The van der Waals surface area contributed by atoms with Crippen LogP contribution in [-0.4, -0.2) is 26.1 Å². The molecule has 5 nitrogen and oxygen atoms in total. The first kappa shape index (κ1) is 18.4. The summed E-state index contributed by atoms with van der Waals surface area (Å²) in [5, 5.41) is 0. The maximum Gasteiger partial charge on any atom is 0.340 e. The second kappa shape index (κ2) is 7.45. The summed E-state index contributed by atoms with van der Waals surface area (Å²) in [6, 6.07) is 12.7. The van der Waals surface area contributed by atoms with Gasteiger partial charge < -0.3 is 9.47 Å². The van der Waals surface area contributed by atoms with Crippen molar-refractivity contribution in [3.05, 3.63) is 76.8 Å². The van der Waals surface area contributed by atoms with Crippen molar-refractivity contribution >= 4 is 23.6 Å². The summed E-state index contributed by atoms with van der Waals surface area (Å²) in [5.41, 5.74) is 1.76. The predicted octanol–water partition coefficient (Wildman–Crippen LogP) is 3.71. The highest BCUT2D eigenvalue weighted by Gasteiger charge is 2.38. The number of ether oxygens (including phenoxy) is 2. The lowest BCUT2D eigenvalue weighted by molar-refractivity contribution is -0.136. The fourth-order valence-electron chi connectivity index (χ4n) is 3.00. The van der Waals surface area contributed by atoms with E-state index in [9.17, 15) is 14.0 Å². The number of nitrogens with zero attached hydrogens (tertiary/aromatic N) is 1. The number of amides is 1. The van der Waals surface area contributed by atoms with Gasteiger partial charge in [-0.1, -0.05) is 18.2 Å². The van der Waals surface area contributed by atoms with E-state index in [0.717, 1.165) is 0 Å². The van der Waals surface area contributed by atoms with Crippen LogP contribution in [0.25, 0.3) is 6.08 Å². The van der Waals surface area contributed by atoms with Gasteiger partial charge >= 0.3 is 5.97 Å². The Morgan fingerprint density at radius 2 is 1.85 bits per heavy atom. The Balaban J connectivity index is 2.14. The SMILES string of the molecule is COC(=O)C1=C(C)N(c2cccc(OC)c2)C(=O)/C1=C\c1cccc(F)c1. The smallest absolute Gasteiger partial charge is 0.340 e. The predicted molar refractivity (Wildman–Crippen MR) is 99.6 cm³/mol. The molecule has 1 aliphatic rings. The number of esters is 1. The molecule has 3 rings (SSSR count). The first-order chi connectivity index (χ1) is 13.0. The fraction of sp³-hybridized carbons (Fsp3) is 0.143. The van der Waals surface area contributed by atoms with Gasteiger partial charge in [0.1, 0.15) is 11.6 Å². The number of methoxy groups -OCH3 is 2. The summed E-state index contributed by atoms with van der Waals surface area (Å²) >= 11 is 0. The molecule has 1 heterocycles. The molecule has 138 valence electrons. The number of rotatable bonds is 4. The highest BCUT2D eigenvalue weighted by Crippen LogP contribution is 2.36. The van der Waals surface area contributed by atoms with Crippen LogP contribution in [0.4, 0.5) is 10.1 Å². The second-order valence-electron chi connectivity index (χ2n) is 5.91. The Morgan fingerprint density at radius 3 is 2.52 bits per heavy atom. The number of allylic oxidation sites excluding steroid dienone is 1. The Bertz CT molecular complexity index is 978. The van der Waals surface area contributed by atoms with Gasteiger partial charge in [-0.25, -0.2) is 9.18 Å². The molecule has 0 atom stereocenters. The van der Waals surface area contributed by atoms with Crippen molar-refractivity contribution in [1.82, 2.24) is 0 Å². The molecule has 2 aromatic carbocycles. The number of anilines is 1. The maximum absolute atomic E-state index is 13.5. The Hall–Kier alpha value is -3.41. The molecular formula is C21H18FNO4. The first-order valence-electron chi connectivity index (χ1n) is 8.21. The van der Waals surface area contributed by atoms with Crippen LogP contribution in [0.2, 0.25) is 0 Å². The molecule has 0 bridgehead atoms. The van der Waals surface area contributed by atoms with Gasteiger partial charge in [-0.15, -0.1) is 0 Å². The lowest BCUT2D eigenvalue weighted by Gasteiger charge is -2.18. The topological polar surface area (TPSA) is 55.8 Å². The standard InChI is InChI=1S/C21H18FNO4/c1-13-19(21(25)27-3)18(11-14-6-4-7-15(22)10-14)20(24)23(13)16-8-5-9-17(12-16)26-2/h4-12H,1-3H3/b18-11-. The van der Waals surface area contributed by atoms with E-state index >= 15 is 0 Å². The molecule has 27 heavy (non-hydrogen) atoms. The van der Waals surface area contributed by atoms with E-state index in [1.54, 1.807) is 37.3 Å². The van der Waals surface area contributed by atoms with Gasteiger partial charge in [0.2, 0.25) is 0 Å². The highest BCUT2D eigenvalue weighted by atomic mass is 19.1. The summed E-state index contributed by atoms with van der Waals surface area (Å²) < 4.78 is 23.6. The van der Waals surface area contributed by atoms with Gasteiger partial charge in [0.05, 0.1) is 31.1 Å². The molecule has 0 aromatic heterocycles. The molecule has 0 N–H and O–H groups in total. The van der Waals surface area contributed by atoms with Crippen LogP contribution >= 0.6 is 0 Å². The largest absolute Gasteiger partial charge is 0.497 e. The van der Waals surface area contributed by atoms with Crippen LogP contribution in [0.5, 0.6) is 5.75 Å². The van der Waals surface area contributed by atoms with Gasteiger partial charge in [-0.2, -0.15) is 0 Å². The molecule has 0 aliphatic carbocycles. The van der Waals surface area contributed by atoms with Gasteiger partial charge in [-0.05, 0) is 42.8 Å². The van der Waals surface area contributed by atoms with Gasteiger partial charge in [-0.3, -0.25) is 9.69 Å². The van der Waals surface area contributed by atoms with E-state index in [4.69, 9.17) is 9.47 Å². The molecule has 0 radical (unpaired) electrons. The van der Waals surface area contributed by atoms with E-state index in [1.807, 2.05) is 0 Å². The molecular weight excluding hydrogens is 349 g/mol. The molecule has 0 unspecified atom stereocenters. The van der Waals surface area contributed by atoms with Crippen molar-refractivity contribution in [2.75, 3.05) is 19.1 Å². The molecule has 0 fully saturated rings. The summed E-state index contributed by atoms with van der Waals surface area (Å²) in [6.45, 7) is 1.66. The first-order valence-corrected chi connectivity index (χ1v) is 8.21. The van der Waals surface area contributed by atoms with Crippen LogP contribution < -0.4 is 9.64 Å². The Kier molecular flexibility index (Phi) is 5.07. The van der Waals surface area contributed by atoms with Crippen molar-refractivity contribution in [2.45, 2.75) is 6.92 Å². The zero-order valence-corrected chi connectivity index (χ0v) is 15.2. The van der Waals surface area contributed by atoms with Crippen LogP contribution in [0.3, 0.4) is 0 Å². The maximum atomic E-state index is 13.5. The van der Waals surface area contributed by atoms with E-state index in [2.05, 4.69) is 0 Å². The number of halogens is 1. The molecule has 1 aliphatic heterocycles. The number of hydrogen-bond acceptors (Lipinski definition) is 4. The van der Waals surface area contributed by atoms with Crippen LogP contribution in [-0.2, 0) is 14.3 Å². The van der Waals surface area contributed by atoms with Crippen LogP contribution in [0.15, 0.2) is 65.4 Å². The minimum atomic E-state index is -0.631. The number of benzene rings is 2. The van der Waals surface area contributed by atoms with E-state index in [-0.39, 0.29) is 11.1 Å². The third-order valence-electron chi connectivity index (χ3n) is 4.26. The molecule has 1 amide bonds. The van der Waals surface area contributed by atoms with Crippen molar-refractivity contribution in [2.24, 2.45) is 0 Å². The Labute approximate surface area is 156 Å². The minimum Gasteiger partial charge on any atom is -0.497 e. The van der Waals surface area contributed by atoms with Crippen LogP contribution in [0, 0.1) is 5.82 Å². The third kappa shape index (κ3) is 3.46. The third-order valence-corrected chi connectivity index (χ3v) is 4.26. The molecule has 0 spiro atoms. The van der Waals surface area contributed by atoms with Crippen molar-refractivity contribution in [1.29, 1.82) is 0 Å². The summed E-state index contributed by atoms with van der Waals surface area (Å²) in [7, 11) is 2.78. The number of carbonyl (C=O) groups is 2. The van der Waals surface area contributed by atoms with Crippen molar-refractivity contribution in [3.8, 4) is 5.75 Å². The highest BCUT2D eigenvalue weighted by molar-refractivity contribution is 6.23. The molecule has 2 aromatic rings.